The maximum Gasteiger partial charge on any atom is 0.0299 e. The van der Waals surface area contributed by atoms with Gasteiger partial charge in [0.25, 0.3) is 0 Å². The summed E-state index contributed by atoms with van der Waals surface area (Å²) in [6.07, 6.45) is 0. The van der Waals surface area contributed by atoms with E-state index in [1.807, 2.05) is 11.3 Å². The van der Waals surface area contributed by atoms with Gasteiger partial charge in [0, 0.05) is 18.0 Å². The van der Waals surface area contributed by atoms with Gasteiger partial charge in [-0.15, -0.1) is 11.3 Å². The Morgan fingerprint density at radius 1 is 1.33 bits per heavy atom. The molecule has 1 N–H and O–H groups in total. The fourth-order valence-corrected chi connectivity index (χ4v) is 2.96. The van der Waals surface area contributed by atoms with Crippen LogP contribution in [0.15, 0.2) is 34.3 Å². The summed E-state index contributed by atoms with van der Waals surface area (Å²) in [6.45, 7) is 4.31. The minimum atomic E-state index is 0.608. The van der Waals surface area contributed by atoms with Crippen LogP contribution < -0.4 is 5.32 Å². The lowest BCUT2D eigenvalue weighted by atomic mass is 10.1. The highest BCUT2D eigenvalue weighted by Crippen LogP contribution is 2.17. The Labute approximate surface area is 98.8 Å². The van der Waals surface area contributed by atoms with Crippen molar-refractivity contribution >= 4 is 22.7 Å². The third-order valence-electron chi connectivity index (χ3n) is 2.44. The quantitative estimate of drug-likeness (QED) is 0.836. The molecule has 0 aromatic carbocycles. The summed E-state index contributed by atoms with van der Waals surface area (Å²) in [4.78, 5) is 1.41. The second kappa shape index (κ2) is 5.45. The van der Waals surface area contributed by atoms with Gasteiger partial charge >= 0.3 is 0 Å². The molecule has 0 aliphatic carbocycles. The molecule has 80 valence electrons. The topological polar surface area (TPSA) is 12.0 Å². The van der Waals surface area contributed by atoms with E-state index in [4.69, 9.17) is 0 Å². The lowest BCUT2D eigenvalue weighted by Crippen LogP contribution is -2.18. The number of hydrogen-bond acceptors (Lipinski definition) is 3. The fraction of sp³-hybridized carbons (Fsp3) is 0.333. The summed E-state index contributed by atoms with van der Waals surface area (Å²) >= 11 is 3.59. The molecule has 2 heterocycles. The molecule has 0 fully saturated rings. The summed E-state index contributed by atoms with van der Waals surface area (Å²) in [6, 6.07) is 6.49. The highest BCUT2D eigenvalue weighted by Gasteiger charge is 2.04. The molecule has 1 atom stereocenters. The predicted molar refractivity (Wildman–Crippen MR) is 68.8 cm³/mol. The lowest BCUT2D eigenvalue weighted by molar-refractivity contribution is 0.620. The van der Waals surface area contributed by atoms with Crippen LogP contribution in [0.1, 0.15) is 23.3 Å². The van der Waals surface area contributed by atoms with Crippen LogP contribution in [-0.2, 0) is 6.54 Å². The summed E-state index contributed by atoms with van der Waals surface area (Å²) < 4.78 is 0. The molecule has 0 aliphatic heterocycles. The van der Waals surface area contributed by atoms with Gasteiger partial charge in [-0.25, -0.2) is 0 Å². The van der Waals surface area contributed by atoms with E-state index in [0.29, 0.717) is 5.92 Å². The fourth-order valence-electron chi connectivity index (χ4n) is 1.50. The molecule has 0 bridgehead atoms. The van der Waals surface area contributed by atoms with Crippen molar-refractivity contribution in [3.05, 3.63) is 44.8 Å². The summed E-state index contributed by atoms with van der Waals surface area (Å²) in [5, 5.41) is 9.99. The van der Waals surface area contributed by atoms with Gasteiger partial charge in [0.15, 0.2) is 0 Å². The first kappa shape index (κ1) is 10.9. The lowest BCUT2D eigenvalue weighted by Gasteiger charge is -2.10. The molecule has 2 rings (SSSR count). The summed E-state index contributed by atoms with van der Waals surface area (Å²) in [5.74, 6) is 0.608. The van der Waals surface area contributed by atoms with Crippen LogP contribution in [-0.4, -0.2) is 6.54 Å². The Hall–Kier alpha value is -0.640. The predicted octanol–water partition coefficient (Wildman–Crippen LogP) is 3.70. The van der Waals surface area contributed by atoms with Crippen LogP contribution in [0.5, 0.6) is 0 Å². The van der Waals surface area contributed by atoms with Crippen molar-refractivity contribution < 1.29 is 0 Å². The Morgan fingerprint density at radius 3 is 2.93 bits per heavy atom. The Kier molecular flexibility index (Phi) is 3.94. The maximum atomic E-state index is 3.49. The minimum Gasteiger partial charge on any atom is -0.311 e. The molecular weight excluding hydrogens is 222 g/mol. The van der Waals surface area contributed by atoms with Crippen molar-refractivity contribution in [1.82, 2.24) is 5.32 Å². The van der Waals surface area contributed by atoms with Crippen LogP contribution in [0.25, 0.3) is 0 Å². The molecule has 0 saturated carbocycles. The Balaban J connectivity index is 1.74. The third-order valence-corrected chi connectivity index (χ3v) is 4.02. The van der Waals surface area contributed by atoms with Crippen LogP contribution in [0.4, 0.5) is 0 Å². The summed E-state index contributed by atoms with van der Waals surface area (Å²) in [5.41, 5.74) is 1.44. The number of nitrogens with one attached hydrogen (secondary N) is 1. The third kappa shape index (κ3) is 3.16. The summed E-state index contributed by atoms with van der Waals surface area (Å²) in [7, 11) is 0. The van der Waals surface area contributed by atoms with Gasteiger partial charge < -0.3 is 5.32 Å². The van der Waals surface area contributed by atoms with E-state index in [2.05, 4.69) is 46.6 Å². The van der Waals surface area contributed by atoms with Gasteiger partial charge in [-0.3, -0.25) is 0 Å². The molecule has 1 nitrogen and oxygen atoms in total. The molecule has 0 amide bonds. The van der Waals surface area contributed by atoms with Gasteiger partial charge in [-0.1, -0.05) is 13.0 Å². The van der Waals surface area contributed by atoms with E-state index in [1.54, 1.807) is 11.3 Å². The smallest absolute Gasteiger partial charge is 0.0299 e. The molecular formula is C12H15NS2. The Bertz CT molecular complexity index is 364. The molecule has 15 heavy (non-hydrogen) atoms. The van der Waals surface area contributed by atoms with E-state index in [0.717, 1.165) is 13.1 Å². The van der Waals surface area contributed by atoms with Gasteiger partial charge in [0.1, 0.15) is 0 Å². The average Bonchev–Trinajstić information content (AvgIpc) is 2.90. The number of hydrogen-bond donors (Lipinski definition) is 1. The van der Waals surface area contributed by atoms with E-state index in [1.165, 1.54) is 10.4 Å². The van der Waals surface area contributed by atoms with Crippen molar-refractivity contribution in [3.63, 3.8) is 0 Å². The van der Waals surface area contributed by atoms with Crippen molar-refractivity contribution in [2.24, 2.45) is 0 Å². The van der Waals surface area contributed by atoms with Gasteiger partial charge in [-0.05, 0) is 39.8 Å². The van der Waals surface area contributed by atoms with Crippen LogP contribution in [0.2, 0.25) is 0 Å². The zero-order chi connectivity index (χ0) is 10.5. The molecule has 0 aliphatic rings. The van der Waals surface area contributed by atoms with Gasteiger partial charge in [0.05, 0.1) is 0 Å². The van der Waals surface area contributed by atoms with E-state index < -0.39 is 0 Å². The van der Waals surface area contributed by atoms with Crippen molar-refractivity contribution in [3.8, 4) is 0 Å². The van der Waals surface area contributed by atoms with E-state index in [-0.39, 0.29) is 0 Å². The zero-order valence-electron chi connectivity index (χ0n) is 8.77. The molecule has 0 saturated heterocycles. The molecule has 0 radical (unpaired) electrons. The van der Waals surface area contributed by atoms with E-state index >= 15 is 0 Å². The SMILES string of the molecule is CC(CNCc1cccs1)c1ccsc1. The molecule has 1 unspecified atom stereocenters. The maximum absolute atomic E-state index is 3.49. The highest BCUT2D eigenvalue weighted by atomic mass is 32.1. The van der Waals surface area contributed by atoms with Gasteiger partial charge in [-0.2, -0.15) is 11.3 Å². The van der Waals surface area contributed by atoms with Crippen LogP contribution in [0.3, 0.4) is 0 Å². The number of rotatable bonds is 5. The van der Waals surface area contributed by atoms with Gasteiger partial charge in [0.2, 0.25) is 0 Å². The van der Waals surface area contributed by atoms with Crippen LogP contribution >= 0.6 is 22.7 Å². The highest BCUT2D eigenvalue weighted by molar-refractivity contribution is 7.09. The number of thiophene rings is 2. The normalized spacial score (nSPS) is 12.9. The zero-order valence-corrected chi connectivity index (χ0v) is 10.4. The first-order valence-corrected chi connectivity index (χ1v) is 6.93. The second-order valence-corrected chi connectivity index (χ2v) is 5.48. The monoisotopic (exact) mass is 237 g/mol. The molecule has 3 heteroatoms. The van der Waals surface area contributed by atoms with E-state index in [9.17, 15) is 0 Å². The minimum absolute atomic E-state index is 0.608. The molecule has 0 spiro atoms. The largest absolute Gasteiger partial charge is 0.311 e. The first-order chi connectivity index (χ1) is 7.36. The Morgan fingerprint density at radius 2 is 2.27 bits per heavy atom. The first-order valence-electron chi connectivity index (χ1n) is 5.11. The second-order valence-electron chi connectivity index (χ2n) is 3.67. The standard InChI is InChI=1S/C12H15NS2/c1-10(11-4-6-14-9-11)7-13-8-12-3-2-5-15-12/h2-6,9-10,13H,7-8H2,1H3. The van der Waals surface area contributed by atoms with Crippen LogP contribution in [0, 0.1) is 0 Å². The average molecular weight is 237 g/mol. The van der Waals surface area contributed by atoms with Crippen molar-refractivity contribution in [2.45, 2.75) is 19.4 Å². The molecule has 2 aromatic rings. The molecule has 2 aromatic heterocycles. The van der Waals surface area contributed by atoms with Crippen molar-refractivity contribution in [2.75, 3.05) is 6.54 Å². The van der Waals surface area contributed by atoms with Crippen molar-refractivity contribution in [1.29, 1.82) is 0 Å².